The zero-order chi connectivity index (χ0) is 20.7. The van der Waals surface area contributed by atoms with E-state index in [0.29, 0.717) is 16.7 Å². The molecule has 0 spiro atoms. The van der Waals surface area contributed by atoms with E-state index in [2.05, 4.69) is 0 Å². The molecule has 0 bridgehead atoms. The smallest absolute Gasteiger partial charge is 0.284 e. The summed E-state index contributed by atoms with van der Waals surface area (Å²) in [5.41, 5.74) is 1.11. The summed E-state index contributed by atoms with van der Waals surface area (Å²) in [6, 6.07) is 3.38. The van der Waals surface area contributed by atoms with Crippen LogP contribution in [0.1, 0.15) is 64.7 Å². The third-order valence-corrected chi connectivity index (χ3v) is 7.38. The van der Waals surface area contributed by atoms with Gasteiger partial charge >= 0.3 is 0 Å². The van der Waals surface area contributed by atoms with E-state index < -0.39 is 42.1 Å². The van der Waals surface area contributed by atoms with Gasteiger partial charge in [-0.3, -0.25) is 9.11 Å². The Morgan fingerprint density at radius 3 is 1.46 bits per heavy atom. The molecule has 0 aliphatic carbocycles. The van der Waals surface area contributed by atoms with Crippen LogP contribution in [0.2, 0.25) is 0 Å². The molecule has 0 aromatic heterocycles. The van der Waals surface area contributed by atoms with E-state index in [0.717, 1.165) is 0 Å². The molecule has 0 atom stereocenters. The summed E-state index contributed by atoms with van der Waals surface area (Å²) in [4.78, 5) is 0. The van der Waals surface area contributed by atoms with Gasteiger partial charge in [0.1, 0.15) is 5.75 Å². The Morgan fingerprint density at radius 1 is 0.846 bits per heavy atom. The largest absolute Gasteiger partial charge is 0.507 e. The highest BCUT2D eigenvalue weighted by Crippen LogP contribution is 2.40. The van der Waals surface area contributed by atoms with Crippen LogP contribution < -0.4 is 0 Å². The summed E-state index contributed by atoms with van der Waals surface area (Å²) in [6.45, 7) is 11.5. The summed E-state index contributed by atoms with van der Waals surface area (Å²) in [7, 11) is -9.93. The average Bonchev–Trinajstić information content (AvgIpc) is 2.34. The molecule has 9 heteroatoms. The molecule has 1 aromatic carbocycles. The van der Waals surface area contributed by atoms with E-state index in [1.807, 2.05) is 41.5 Å². The Balaban J connectivity index is 3.42. The molecule has 3 N–H and O–H groups in total. The zero-order valence-corrected chi connectivity index (χ0v) is 17.6. The van der Waals surface area contributed by atoms with Crippen LogP contribution >= 0.6 is 0 Å². The van der Waals surface area contributed by atoms with E-state index in [1.165, 1.54) is 0 Å². The minimum Gasteiger partial charge on any atom is -0.507 e. The number of aromatic hydroxyl groups is 1. The molecule has 1 aromatic rings. The molecule has 0 fully saturated rings. The third kappa shape index (κ3) is 5.67. The van der Waals surface area contributed by atoms with Gasteiger partial charge < -0.3 is 5.11 Å². The fraction of sp³-hybridized carbons (Fsp3) is 0.647. The molecule has 0 aliphatic rings. The minimum absolute atomic E-state index is 0.0172. The summed E-state index contributed by atoms with van der Waals surface area (Å²) in [6.07, 6.45) is -0.522. The van der Waals surface area contributed by atoms with Gasteiger partial charge in [0.15, 0.2) is 0 Å². The molecule has 0 heterocycles. The first kappa shape index (κ1) is 22.9. The molecule has 0 radical (unpaired) electrons. The molecule has 0 unspecified atom stereocenters. The van der Waals surface area contributed by atoms with Gasteiger partial charge in [-0.25, -0.2) is 0 Å². The second-order valence-corrected chi connectivity index (χ2v) is 12.0. The van der Waals surface area contributed by atoms with Crippen molar-refractivity contribution < 1.29 is 31.0 Å². The maximum Gasteiger partial charge on any atom is 0.284 e. The van der Waals surface area contributed by atoms with Gasteiger partial charge in [-0.1, -0.05) is 53.7 Å². The molecule has 7 nitrogen and oxygen atoms in total. The van der Waals surface area contributed by atoms with Crippen molar-refractivity contribution in [1.82, 2.24) is 0 Å². The van der Waals surface area contributed by atoms with Gasteiger partial charge in [0.05, 0.1) is 0 Å². The third-order valence-electron chi connectivity index (χ3n) is 4.12. The normalized spacial score (nSPS) is 14.0. The van der Waals surface area contributed by atoms with Gasteiger partial charge in [0, 0.05) is 0 Å². The van der Waals surface area contributed by atoms with Crippen LogP contribution in [0.4, 0.5) is 0 Å². The Morgan fingerprint density at radius 2 is 1.19 bits per heavy atom. The van der Waals surface area contributed by atoms with Crippen molar-refractivity contribution in [2.45, 2.75) is 69.8 Å². The number of rotatable bonds is 5. The summed E-state index contributed by atoms with van der Waals surface area (Å²) in [5, 5.41) is 10.6. The summed E-state index contributed by atoms with van der Waals surface area (Å²) < 4.78 is 61.0. The van der Waals surface area contributed by atoms with Crippen molar-refractivity contribution in [2.24, 2.45) is 0 Å². The second-order valence-electron chi connectivity index (χ2n) is 8.54. The fourth-order valence-electron chi connectivity index (χ4n) is 2.72. The lowest BCUT2D eigenvalue weighted by atomic mass is 9.78. The molecule has 26 heavy (non-hydrogen) atoms. The average molecular weight is 409 g/mol. The number of hydrogen-bond acceptors (Lipinski definition) is 5. The number of phenolic OH excluding ortho intramolecular Hbond substituents is 1. The first-order chi connectivity index (χ1) is 11.3. The lowest BCUT2D eigenvalue weighted by molar-refractivity contribution is 0.422. The topological polar surface area (TPSA) is 129 Å². The summed E-state index contributed by atoms with van der Waals surface area (Å²) in [5.74, 6) is 0.148. The Hall–Kier alpha value is -1.16. The predicted molar refractivity (Wildman–Crippen MR) is 101 cm³/mol. The quantitative estimate of drug-likeness (QED) is 0.639. The Kier molecular flexibility index (Phi) is 6.25. The maximum absolute atomic E-state index is 11.3. The van der Waals surface area contributed by atoms with Crippen LogP contribution in [0, 0.1) is 0 Å². The van der Waals surface area contributed by atoms with Crippen molar-refractivity contribution in [1.29, 1.82) is 0 Å². The van der Waals surface area contributed by atoms with Crippen molar-refractivity contribution in [3.05, 3.63) is 28.8 Å². The molecular weight excluding hydrogens is 380 g/mol. The SMILES string of the molecule is CC(C)(C)c1cc(CCC(S(=O)(=O)O)S(=O)(=O)O)cc(C(C)(C)C)c1O. The Labute approximate surface area is 155 Å². The lowest BCUT2D eigenvalue weighted by Crippen LogP contribution is -2.30. The number of benzene rings is 1. The van der Waals surface area contributed by atoms with E-state index in [1.54, 1.807) is 12.1 Å². The van der Waals surface area contributed by atoms with Crippen molar-refractivity contribution >= 4 is 20.2 Å². The van der Waals surface area contributed by atoms with Crippen LogP contribution in [0.15, 0.2) is 12.1 Å². The molecule has 0 saturated heterocycles. The van der Waals surface area contributed by atoms with Crippen LogP contribution in [0.25, 0.3) is 0 Å². The second kappa shape index (κ2) is 7.10. The molecule has 0 aliphatic heterocycles. The van der Waals surface area contributed by atoms with Crippen LogP contribution in [0.3, 0.4) is 0 Å². The van der Waals surface area contributed by atoms with E-state index in [-0.39, 0.29) is 12.2 Å². The van der Waals surface area contributed by atoms with Gasteiger partial charge in [0.25, 0.3) is 20.2 Å². The molecule has 0 amide bonds. The Bertz CT molecular complexity index is 804. The maximum atomic E-state index is 11.3. The van der Waals surface area contributed by atoms with Gasteiger partial charge in [-0.15, -0.1) is 0 Å². The summed E-state index contributed by atoms with van der Waals surface area (Å²) >= 11 is 0. The monoisotopic (exact) mass is 408 g/mol. The number of hydrogen-bond donors (Lipinski definition) is 3. The van der Waals surface area contributed by atoms with Crippen LogP contribution in [-0.4, -0.2) is 35.6 Å². The highest BCUT2D eigenvalue weighted by molar-refractivity contribution is 8.03. The highest BCUT2D eigenvalue weighted by Gasteiger charge is 2.35. The zero-order valence-electron chi connectivity index (χ0n) is 15.9. The van der Waals surface area contributed by atoms with Crippen molar-refractivity contribution in [3.8, 4) is 5.75 Å². The molecule has 1 rings (SSSR count). The molecule has 150 valence electrons. The lowest BCUT2D eigenvalue weighted by Gasteiger charge is -2.28. The standard InChI is InChI=1S/C17H28O7S2/c1-16(2,3)12-9-11(10-13(15(12)18)17(4,5)6)7-8-14(25(19,20)21)26(22,23)24/h9-10,14,18H,7-8H2,1-6H3,(H,19,20,21)(H,22,23,24). The molecular formula is C17H28O7S2. The van der Waals surface area contributed by atoms with E-state index in [9.17, 15) is 21.9 Å². The first-order valence-corrected chi connectivity index (χ1v) is 11.1. The highest BCUT2D eigenvalue weighted by atomic mass is 32.3. The van der Waals surface area contributed by atoms with E-state index >= 15 is 0 Å². The van der Waals surface area contributed by atoms with Crippen LogP contribution in [0.5, 0.6) is 5.75 Å². The first-order valence-electron chi connectivity index (χ1n) is 8.14. The van der Waals surface area contributed by atoms with E-state index in [4.69, 9.17) is 9.11 Å². The van der Waals surface area contributed by atoms with Gasteiger partial charge in [0.2, 0.25) is 4.58 Å². The number of phenols is 1. The number of aryl methyl sites for hydroxylation is 1. The van der Waals surface area contributed by atoms with Gasteiger partial charge in [-0.2, -0.15) is 16.8 Å². The molecule has 0 saturated carbocycles. The fourth-order valence-corrected chi connectivity index (χ4v) is 4.78. The van der Waals surface area contributed by atoms with Crippen molar-refractivity contribution in [2.75, 3.05) is 0 Å². The van der Waals surface area contributed by atoms with Crippen molar-refractivity contribution in [3.63, 3.8) is 0 Å². The van der Waals surface area contributed by atoms with Crippen LogP contribution in [-0.2, 0) is 37.5 Å². The van der Waals surface area contributed by atoms with Gasteiger partial charge in [-0.05, 0) is 40.4 Å². The predicted octanol–water partition coefficient (Wildman–Crippen LogP) is 3.02. The minimum atomic E-state index is -4.97.